The number of aromatic nitrogens is 2. The second-order valence-electron chi connectivity index (χ2n) is 7.42. The van der Waals surface area contributed by atoms with Crippen LogP contribution in [0.1, 0.15) is 33.2 Å². The van der Waals surface area contributed by atoms with E-state index in [0.717, 1.165) is 22.4 Å². The number of hydrogen-bond donors (Lipinski definition) is 2. The van der Waals surface area contributed by atoms with Crippen LogP contribution in [-0.2, 0) is 0 Å². The summed E-state index contributed by atoms with van der Waals surface area (Å²) >= 11 is 0. The van der Waals surface area contributed by atoms with Crippen LogP contribution in [0.2, 0.25) is 0 Å². The molecule has 0 unspecified atom stereocenters. The van der Waals surface area contributed by atoms with E-state index in [9.17, 15) is 9.59 Å². The molecule has 0 saturated heterocycles. The van der Waals surface area contributed by atoms with E-state index in [1.165, 1.54) is 0 Å². The number of para-hydroxylation sites is 1. The first kappa shape index (κ1) is 20.3. The van der Waals surface area contributed by atoms with Gasteiger partial charge in [-0.15, -0.1) is 0 Å². The molecule has 0 aliphatic rings. The van der Waals surface area contributed by atoms with Crippen LogP contribution >= 0.6 is 0 Å². The van der Waals surface area contributed by atoms with Crippen molar-refractivity contribution in [2.24, 2.45) is 0 Å². The zero-order valence-corrected chi connectivity index (χ0v) is 17.4. The molecule has 4 aromatic rings. The smallest absolute Gasteiger partial charge is 0.272 e. The number of carbonyl (C=O) groups is 1. The van der Waals surface area contributed by atoms with Gasteiger partial charge in [-0.05, 0) is 36.6 Å². The van der Waals surface area contributed by atoms with Gasteiger partial charge in [-0.1, -0.05) is 66.7 Å². The molecule has 0 bridgehead atoms. The van der Waals surface area contributed by atoms with Gasteiger partial charge in [0.15, 0.2) is 5.69 Å². The number of hydrogen-bond acceptors (Lipinski definition) is 4. The molecule has 1 aromatic heterocycles. The van der Waals surface area contributed by atoms with Crippen LogP contribution in [-0.4, -0.2) is 22.7 Å². The van der Waals surface area contributed by atoms with Crippen molar-refractivity contribution in [3.05, 3.63) is 106 Å². The van der Waals surface area contributed by atoms with Crippen molar-refractivity contribution >= 4 is 16.7 Å². The first-order valence-electron chi connectivity index (χ1n) is 10.1. The standard InChI is InChI=1S/C25H23N3O3/c1-16-9-8-10-17(2)23(16)31-15-21(18-11-4-3-5-12-18)26-25(30)22-19-13-6-7-14-20(19)24(29)28-27-22/h3-14,21H,15H2,1-2H3,(H,26,30)(H,28,29)/t21-/m0/s1. The van der Waals surface area contributed by atoms with E-state index in [0.29, 0.717) is 10.8 Å². The fourth-order valence-electron chi connectivity index (χ4n) is 3.61. The van der Waals surface area contributed by atoms with Crippen molar-refractivity contribution < 1.29 is 9.53 Å². The van der Waals surface area contributed by atoms with E-state index in [4.69, 9.17) is 4.74 Å². The Morgan fingerprint density at radius 2 is 1.58 bits per heavy atom. The summed E-state index contributed by atoms with van der Waals surface area (Å²) in [7, 11) is 0. The number of amides is 1. The number of aryl methyl sites for hydroxylation is 2. The Balaban J connectivity index is 1.63. The molecule has 0 radical (unpaired) electrons. The SMILES string of the molecule is Cc1cccc(C)c1OC[C@H](NC(=O)c1n[nH]c(=O)c2ccccc12)c1ccccc1. The summed E-state index contributed by atoms with van der Waals surface area (Å²) in [4.78, 5) is 25.2. The van der Waals surface area contributed by atoms with Gasteiger partial charge in [0, 0.05) is 5.39 Å². The van der Waals surface area contributed by atoms with Gasteiger partial charge in [-0.25, -0.2) is 5.10 Å². The number of carbonyl (C=O) groups excluding carboxylic acids is 1. The molecule has 0 aliphatic heterocycles. The van der Waals surface area contributed by atoms with Crippen molar-refractivity contribution in [1.29, 1.82) is 0 Å². The lowest BCUT2D eigenvalue weighted by molar-refractivity contribution is 0.0917. The third kappa shape index (κ3) is 4.33. The number of nitrogens with one attached hydrogen (secondary N) is 2. The predicted octanol–water partition coefficient (Wildman–Crippen LogP) is 4.09. The normalized spacial score (nSPS) is 11.8. The van der Waals surface area contributed by atoms with Crippen LogP contribution in [0.3, 0.4) is 0 Å². The average Bonchev–Trinajstić information content (AvgIpc) is 2.79. The number of H-pyrrole nitrogens is 1. The van der Waals surface area contributed by atoms with Crippen molar-refractivity contribution in [2.45, 2.75) is 19.9 Å². The summed E-state index contributed by atoms with van der Waals surface area (Å²) in [6.45, 7) is 4.24. The molecule has 3 aromatic carbocycles. The highest BCUT2D eigenvalue weighted by atomic mass is 16.5. The molecule has 1 heterocycles. The van der Waals surface area contributed by atoms with Gasteiger partial charge in [0.2, 0.25) is 0 Å². The maximum absolute atomic E-state index is 13.1. The Kier molecular flexibility index (Phi) is 5.80. The van der Waals surface area contributed by atoms with E-state index in [1.807, 2.05) is 62.4 Å². The number of ether oxygens (including phenoxy) is 1. The minimum atomic E-state index is -0.403. The first-order chi connectivity index (χ1) is 15.0. The minimum Gasteiger partial charge on any atom is -0.491 e. The van der Waals surface area contributed by atoms with Gasteiger partial charge >= 0.3 is 0 Å². The lowest BCUT2D eigenvalue weighted by atomic mass is 10.1. The molecular formula is C25H23N3O3. The minimum absolute atomic E-state index is 0.170. The number of benzene rings is 3. The Morgan fingerprint density at radius 1 is 0.935 bits per heavy atom. The maximum Gasteiger partial charge on any atom is 0.272 e. The Bertz CT molecular complexity index is 1260. The maximum atomic E-state index is 13.1. The first-order valence-corrected chi connectivity index (χ1v) is 10.1. The highest BCUT2D eigenvalue weighted by molar-refractivity contribution is 6.04. The van der Waals surface area contributed by atoms with E-state index < -0.39 is 6.04 Å². The van der Waals surface area contributed by atoms with Crippen LogP contribution in [0.25, 0.3) is 10.8 Å². The summed E-state index contributed by atoms with van der Waals surface area (Å²) in [5.41, 5.74) is 2.82. The quantitative estimate of drug-likeness (QED) is 0.499. The summed E-state index contributed by atoms with van der Waals surface area (Å²) in [5, 5.41) is 10.4. The Morgan fingerprint density at radius 3 is 2.29 bits per heavy atom. The topological polar surface area (TPSA) is 84.1 Å². The monoisotopic (exact) mass is 413 g/mol. The van der Waals surface area contributed by atoms with Gasteiger partial charge in [0.25, 0.3) is 11.5 Å². The highest BCUT2D eigenvalue weighted by Gasteiger charge is 2.20. The summed E-state index contributed by atoms with van der Waals surface area (Å²) in [5.74, 6) is 0.428. The van der Waals surface area contributed by atoms with Crippen LogP contribution < -0.4 is 15.6 Å². The van der Waals surface area contributed by atoms with E-state index >= 15 is 0 Å². The Labute approximate surface area is 179 Å². The van der Waals surface area contributed by atoms with Crippen LogP contribution in [0.4, 0.5) is 0 Å². The van der Waals surface area contributed by atoms with Crippen molar-refractivity contribution in [3.8, 4) is 5.75 Å². The fraction of sp³-hybridized carbons (Fsp3) is 0.160. The van der Waals surface area contributed by atoms with Gasteiger partial charge in [0.1, 0.15) is 12.4 Å². The molecule has 0 fully saturated rings. The third-order valence-corrected chi connectivity index (χ3v) is 5.22. The summed E-state index contributed by atoms with van der Waals surface area (Å²) < 4.78 is 6.13. The molecular weight excluding hydrogens is 390 g/mol. The Hall–Kier alpha value is -3.93. The molecule has 1 atom stereocenters. The summed E-state index contributed by atoms with van der Waals surface area (Å²) in [6.07, 6.45) is 0. The van der Waals surface area contributed by atoms with Crippen LogP contribution in [0.15, 0.2) is 77.6 Å². The van der Waals surface area contributed by atoms with Gasteiger partial charge in [-0.3, -0.25) is 9.59 Å². The second-order valence-corrected chi connectivity index (χ2v) is 7.42. The largest absolute Gasteiger partial charge is 0.491 e. The highest BCUT2D eigenvalue weighted by Crippen LogP contribution is 2.24. The summed E-state index contributed by atoms with van der Waals surface area (Å²) in [6, 6.07) is 22.1. The lowest BCUT2D eigenvalue weighted by Gasteiger charge is -2.21. The van der Waals surface area contributed by atoms with E-state index in [2.05, 4.69) is 15.5 Å². The fourth-order valence-corrected chi connectivity index (χ4v) is 3.61. The van der Waals surface area contributed by atoms with Crippen LogP contribution in [0, 0.1) is 13.8 Å². The second kappa shape index (κ2) is 8.83. The van der Waals surface area contributed by atoms with Crippen molar-refractivity contribution in [3.63, 3.8) is 0 Å². The molecule has 6 heteroatoms. The van der Waals surface area contributed by atoms with E-state index in [1.54, 1.807) is 24.3 Å². The molecule has 1 amide bonds. The van der Waals surface area contributed by atoms with Gasteiger partial charge < -0.3 is 10.1 Å². The van der Waals surface area contributed by atoms with Gasteiger partial charge in [0.05, 0.1) is 11.4 Å². The van der Waals surface area contributed by atoms with Crippen LogP contribution in [0.5, 0.6) is 5.75 Å². The number of rotatable bonds is 6. The predicted molar refractivity (Wildman–Crippen MR) is 120 cm³/mol. The molecule has 31 heavy (non-hydrogen) atoms. The van der Waals surface area contributed by atoms with Crippen molar-refractivity contribution in [2.75, 3.05) is 6.61 Å². The molecule has 4 rings (SSSR count). The average molecular weight is 413 g/mol. The number of aromatic amines is 1. The van der Waals surface area contributed by atoms with Gasteiger partial charge in [-0.2, -0.15) is 5.10 Å². The lowest BCUT2D eigenvalue weighted by Crippen LogP contribution is -2.34. The zero-order valence-electron chi connectivity index (χ0n) is 17.4. The molecule has 0 aliphatic carbocycles. The van der Waals surface area contributed by atoms with E-state index in [-0.39, 0.29) is 23.8 Å². The molecule has 156 valence electrons. The zero-order chi connectivity index (χ0) is 21.8. The number of nitrogens with zero attached hydrogens (tertiary/aromatic N) is 1. The molecule has 6 nitrogen and oxygen atoms in total. The number of fused-ring (bicyclic) bond motifs is 1. The third-order valence-electron chi connectivity index (χ3n) is 5.22. The molecule has 2 N–H and O–H groups in total. The molecule has 0 saturated carbocycles. The molecule has 0 spiro atoms. The van der Waals surface area contributed by atoms with Crippen molar-refractivity contribution in [1.82, 2.24) is 15.5 Å².